The summed E-state index contributed by atoms with van der Waals surface area (Å²) in [6.07, 6.45) is 3.08. The Morgan fingerprint density at radius 1 is 1.40 bits per heavy atom. The van der Waals surface area contributed by atoms with E-state index in [0.29, 0.717) is 17.9 Å². The van der Waals surface area contributed by atoms with Crippen molar-refractivity contribution >= 4 is 21.8 Å². The van der Waals surface area contributed by atoms with Crippen LogP contribution in [0.25, 0.3) is 0 Å². The number of alkyl halides is 1. The average molecular weight is 276 g/mol. The van der Waals surface area contributed by atoms with Gasteiger partial charge >= 0.3 is 0 Å². The number of nitrogens with zero attached hydrogens (tertiary/aromatic N) is 1. The lowest BCUT2D eigenvalue weighted by Crippen LogP contribution is -2.34. The van der Waals surface area contributed by atoms with Crippen LogP contribution in [0.15, 0.2) is 0 Å². The van der Waals surface area contributed by atoms with Gasteiger partial charge in [-0.2, -0.15) is 0 Å². The van der Waals surface area contributed by atoms with Gasteiger partial charge in [-0.25, -0.2) is 0 Å². The molecule has 0 radical (unpaired) electrons. The second kappa shape index (κ2) is 5.88. The summed E-state index contributed by atoms with van der Waals surface area (Å²) in [6, 6.07) is 0.420. The van der Waals surface area contributed by atoms with Gasteiger partial charge in [0.25, 0.3) is 0 Å². The van der Waals surface area contributed by atoms with Gasteiger partial charge in [0.15, 0.2) is 0 Å². The van der Waals surface area contributed by atoms with Gasteiger partial charge in [0.1, 0.15) is 0 Å². The number of carbonyl (C=O) groups excluding carboxylic acids is 1. The Bertz CT molecular complexity index is 218. The number of hydrogen-bond acceptors (Lipinski definition) is 1. The molecular weight excluding hydrogens is 254 g/mol. The Morgan fingerprint density at radius 3 is 2.53 bits per heavy atom. The van der Waals surface area contributed by atoms with Crippen molar-refractivity contribution in [2.75, 3.05) is 11.9 Å². The number of hydrogen-bond donors (Lipinski definition) is 0. The van der Waals surface area contributed by atoms with E-state index < -0.39 is 0 Å². The van der Waals surface area contributed by atoms with Crippen molar-refractivity contribution in [2.45, 2.75) is 46.1 Å². The molecule has 0 aromatic heterocycles. The van der Waals surface area contributed by atoms with Gasteiger partial charge in [0, 0.05) is 24.3 Å². The predicted molar refractivity (Wildman–Crippen MR) is 67.1 cm³/mol. The predicted octanol–water partition coefficient (Wildman–Crippen LogP) is 3.05. The molecule has 1 fully saturated rings. The second-order valence-corrected chi connectivity index (χ2v) is 5.74. The van der Waals surface area contributed by atoms with E-state index in [2.05, 4.69) is 41.6 Å². The van der Waals surface area contributed by atoms with Crippen LogP contribution in [0.3, 0.4) is 0 Å². The Kier molecular flexibility index (Phi) is 5.10. The molecule has 1 rings (SSSR count). The first-order valence-corrected chi connectivity index (χ1v) is 7.02. The van der Waals surface area contributed by atoms with Gasteiger partial charge in [-0.3, -0.25) is 4.79 Å². The third-order valence-electron chi connectivity index (χ3n) is 3.15. The van der Waals surface area contributed by atoms with Gasteiger partial charge < -0.3 is 4.90 Å². The van der Waals surface area contributed by atoms with Crippen molar-refractivity contribution in [3.63, 3.8) is 0 Å². The highest BCUT2D eigenvalue weighted by molar-refractivity contribution is 9.09. The van der Waals surface area contributed by atoms with E-state index >= 15 is 0 Å². The molecule has 2 unspecified atom stereocenters. The van der Waals surface area contributed by atoms with Crippen LogP contribution in [0.5, 0.6) is 0 Å². The van der Waals surface area contributed by atoms with Gasteiger partial charge in [-0.15, -0.1) is 0 Å². The minimum absolute atomic E-state index is 0.343. The van der Waals surface area contributed by atoms with Gasteiger partial charge in [-0.05, 0) is 31.6 Å². The van der Waals surface area contributed by atoms with E-state index in [1.165, 1.54) is 6.42 Å². The molecule has 0 spiro atoms. The molecule has 0 aromatic carbocycles. The molecule has 2 atom stereocenters. The normalized spacial score (nSPS) is 23.9. The summed E-state index contributed by atoms with van der Waals surface area (Å²) >= 11 is 3.46. The first kappa shape index (κ1) is 13.0. The molecule has 1 saturated heterocycles. The summed E-state index contributed by atoms with van der Waals surface area (Å²) in [5.41, 5.74) is 0. The maximum absolute atomic E-state index is 11.7. The molecule has 2 nitrogen and oxygen atoms in total. The molecule has 1 heterocycles. The summed E-state index contributed by atoms with van der Waals surface area (Å²) in [5.74, 6) is 1.60. The Morgan fingerprint density at radius 2 is 2.07 bits per heavy atom. The standard InChI is InChI=1S/C12H22BrNO/c1-9(2)4-5-10(3)14-8-11(7-13)6-12(14)15/h9-11H,4-8H2,1-3H3. The smallest absolute Gasteiger partial charge is 0.223 e. The Balaban J connectivity index is 2.39. The highest BCUT2D eigenvalue weighted by atomic mass is 79.9. The van der Waals surface area contributed by atoms with E-state index in [1.807, 2.05) is 0 Å². The number of amides is 1. The zero-order chi connectivity index (χ0) is 11.4. The van der Waals surface area contributed by atoms with E-state index in [1.54, 1.807) is 0 Å². The van der Waals surface area contributed by atoms with Crippen molar-refractivity contribution in [1.29, 1.82) is 0 Å². The largest absolute Gasteiger partial charge is 0.340 e. The molecule has 0 bridgehead atoms. The summed E-state index contributed by atoms with van der Waals surface area (Å²) in [4.78, 5) is 13.8. The van der Waals surface area contributed by atoms with Gasteiger partial charge in [0.2, 0.25) is 5.91 Å². The Hall–Kier alpha value is -0.0500. The van der Waals surface area contributed by atoms with Crippen LogP contribution < -0.4 is 0 Å². The molecule has 1 amide bonds. The van der Waals surface area contributed by atoms with Crippen molar-refractivity contribution in [3.05, 3.63) is 0 Å². The maximum Gasteiger partial charge on any atom is 0.223 e. The molecule has 0 saturated carbocycles. The zero-order valence-corrected chi connectivity index (χ0v) is 11.6. The third-order valence-corrected chi connectivity index (χ3v) is 4.07. The molecule has 88 valence electrons. The van der Waals surface area contributed by atoms with Crippen LogP contribution in [0, 0.1) is 11.8 Å². The minimum atomic E-state index is 0.343. The summed E-state index contributed by atoms with van der Waals surface area (Å²) in [7, 11) is 0. The molecule has 0 aliphatic carbocycles. The minimum Gasteiger partial charge on any atom is -0.340 e. The fourth-order valence-electron chi connectivity index (χ4n) is 2.07. The molecule has 0 aromatic rings. The topological polar surface area (TPSA) is 20.3 Å². The van der Waals surface area contributed by atoms with Crippen LogP contribution in [-0.4, -0.2) is 28.7 Å². The summed E-state index contributed by atoms with van der Waals surface area (Å²) < 4.78 is 0. The SMILES string of the molecule is CC(C)CCC(C)N1CC(CBr)CC1=O. The van der Waals surface area contributed by atoms with Crippen LogP contribution in [0.2, 0.25) is 0 Å². The van der Waals surface area contributed by atoms with Crippen LogP contribution in [0.4, 0.5) is 0 Å². The highest BCUT2D eigenvalue weighted by Gasteiger charge is 2.31. The first-order valence-electron chi connectivity index (χ1n) is 5.90. The van der Waals surface area contributed by atoms with Gasteiger partial charge in [-0.1, -0.05) is 29.8 Å². The second-order valence-electron chi connectivity index (χ2n) is 5.09. The fourth-order valence-corrected chi connectivity index (χ4v) is 2.50. The zero-order valence-electron chi connectivity index (χ0n) is 10.0. The maximum atomic E-state index is 11.7. The number of halogens is 1. The monoisotopic (exact) mass is 275 g/mol. The van der Waals surface area contributed by atoms with Crippen LogP contribution >= 0.6 is 15.9 Å². The van der Waals surface area contributed by atoms with Crippen LogP contribution in [-0.2, 0) is 4.79 Å². The lowest BCUT2D eigenvalue weighted by atomic mass is 10.0. The fraction of sp³-hybridized carbons (Fsp3) is 0.917. The van der Waals surface area contributed by atoms with Crippen molar-refractivity contribution in [1.82, 2.24) is 4.90 Å². The van der Waals surface area contributed by atoms with E-state index in [0.717, 1.165) is 30.6 Å². The molecule has 0 N–H and O–H groups in total. The molecular formula is C12H22BrNO. The number of rotatable bonds is 5. The van der Waals surface area contributed by atoms with E-state index in [4.69, 9.17) is 0 Å². The third kappa shape index (κ3) is 3.78. The highest BCUT2D eigenvalue weighted by Crippen LogP contribution is 2.23. The van der Waals surface area contributed by atoms with Crippen LogP contribution in [0.1, 0.15) is 40.0 Å². The lowest BCUT2D eigenvalue weighted by molar-refractivity contribution is -0.129. The van der Waals surface area contributed by atoms with Crippen molar-refractivity contribution in [2.24, 2.45) is 11.8 Å². The summed E-state index contributed by atoms with van der Waals surface area (Å²) in [6.45, 7) is 7.60. The van der Waals surface area contributed by atoms with Gasteiger partial charge in [0.05, 0.1) is 0 Å². The lowest BCUT2D eigenvalue weighted by Gasteiger charge is -2.25. The van der Waals surface area contributed by atoms with Crippen molar-refractivity contribution in [3.8, 4) is 0 Å². The summed E-state index contributed by atoms with van der Waals surface area (Å²) in [5, 5.41) is 0.951. The molecule has 3 heteroatoms. The molecule has 15 heavy (non-hydrogen) atoms. The molecule has 1 aliphatic rings. The van der Waals surface area contributed by atoms with E-state index in [-0.39, 0.29) is 0 Å². The Labute approximate surface area is 102 Å². The van der Waals surface area contributed by atoms with E-state index in [9.17, 15) is 4.79 Å². The van der Waals surface area contributed by atoms with Crippen molar-refractivity contribution < 1.29 is 4.79 Å². The quantitative estimate of drug-likeness (QED) is 0.707. The average Bonchev–Trinajstić information content (AvgIpc) is 2.56. The number of carbonyl (C=O) groups is 1. The molecule has 1 aliphatic heterocycles. The number of likely N-dealkylation sites (tertiary alicyclic amines) is 1. The first-order chi connectivity index (χ1) is 7.04.